The maximum atomic E-state index is 9.65. The summed E-state index contributed by atoms with van der Waals surface area (Å²) in [5, 5.41) is 0.985. The summed E-state index contributed by atoms with van der Waals surface area (Å²) in [7, 11) is 0. The maximum absolute atomic E-state index is 9.65. The molecule has 3 heterocycles. The summed E-state index contributed by atoms with van der Waals surface area (Å²) < 4.78 is 138. The van der Waals surface area contributed by atoms with Gasteiger partial charge in [0.15, 0.2) is 0 Å². The van der Waals surface area contributed by atoms with Gasteiger partial charge in [0.05, 0.1) is 37.6 Å². The Kier molecular flexibility index (Phi) is 7.40. The molecule has 0 N–H and O–H groups in total. The van der Waals surface area contributed by atoms with Crippen molar-refractivity contribution in [2.45, 2.75) is 77.6 Å². The summed E-state index contributed by atoms with van der Waals surface area (Å²) in [6.07, 6.45) is 1.94. The van der Waals surface area contributed by atoms with E-state index in [0.29, 0.717) is 34.1 Å². The molecular weight excluding hydrogens is 902 g/mol. The summed E-state index contributed by atoms with van der Waals surface area (Å²) in [6.45, 7) is 15.1. The SMILES string of the molecule is [2H]c1c([2H])c([2H])c(-c2ccc3c(c2)N(c2ccccc2-c2c([2H])c([2H])c([2H])c([2H])c2[2H])c2cc(N(c4ccccc4)c4c([2H])c([2H])c([2H])c([2H])c4[2H])cc4c2B3c2sc3ccc(C(C)(C)C)cc3c2N4c2ccc3c(c2)C(C)(C)CCC3(C)C)c([2H])c1[2H]. The maximum Gasteiger partial charge on any atom is 0.264 e. The highest BCUT2D eigenvalue weighted by molar-refractivity contribution is 7.33. The number of anilines is 9. The molecule has 1 aliphatic carbocycles. The van der Waals surface area contributed by atoms with Gasteiger partial charge in [0, 0.05) is 54.6 Å². The standard InChI is InChI=1S/C68H60BN3S/c1-66(2,3)48-33-37-62-54(41-48)64-65(73-62)69-57-36-32-47(45-22-12-8-13-23-45)40-59(57)72(58-31-21-20-30-53(58)46-24-14-9-15-25-46)61-44-52(70(49-26-16-10-17-27-49)50-28-18-11-19-29-50)43-60(63(61)69)71(64)51-34-35-55-56(42-51)68(6,7)39-38-67(55,4)5/h8-37,40-44H,38-39H2,1-7H3/i8D,9D,10D,12D,13D,14D,15D,16D,17D,22D,23D,24D,25D,26D,27D. The van der Waals surface area contributed by atoms with Crippen LogP contribution in [0.5, 0.6) is 0 Å². The molecule has 0 unspecified atom stereocenters. The second kappa shape index (κ2) is 17.0. The minimum Gasteiger partial charge on any atom is -0.311 e. The molecule has 0 radical (unpaired) electrons. The normalized spacial score (nSPS) is 18.0. The molecule has 0 fully saturated rings. The molecule has 0 spiro atoms. The van der Waals surface area contributed by atoms with E-state index in [0.717, 1.165) is 55.6 Å². The molecule has 9 aromatic carbocycles. The van der Waals surface area contributed by atoms with Gasteiger partial charge in [-0.05, 0) is 146 Å². The van der Waals surface area contributed by atoms with Gasteiger partial charge in [-0.15, -0.1) is 11.3 Å². The first-order valence-corrected chi connectivity index (χ1v) is 25.7. The molecule has 0 saturated carbocycles. The Morgan fingerprint density at radius 3 is 1.89 bits per heavy atom. The van der Waals surface area contributed by atoms with Gasteiger partial charge >= 0.3 is 0 Å². The van der Waals surface area contributed by atoms with Crippen molar-refractivity contribution in [3.8, 4) is 22.3 Å². The van der Waals surface area contributed by atoms with Crippen molar-refractivity contribution in [1.29, 1.82) is 0 Å². The molecule has 3 nitrogen and oxygen atoms in total. The second-order valence-corrected chi connectivity index (χ2v) is 22.8. The number of benzene rings is 9. The zero-order valence-corrected chi connectivity index (χ0v) is 42.6. The Morgan fingerprint density at radius 1 is 0.534 bits per heavy atom. The number of thiophene rings is 1. The predicted octanol–water partition coefficient (Wildman–Crippen LogP) is 17.4. The molecule has 2 aliphatic heterocycles. The molecule has 356 valence electrons. The van der Waals surface area contributed by atoms with E-state index in [1.807, 2.05) is 53.4 Å². The highest BCUT2D eigenvalue weighted by Crippen LogP contribution is 2.54. The molecule has 73 heavy (non-hydrogen) atoms. The quantitative estimate of drug-likeness (QED) is 0.147. The Labute approximate surface area is 457 Å². The Balaban J connectivity index is 1.25. The van der Waals surface area contributed by atoms with E-state index in [4.69, 9.17) is 12.3 Å². The monoisotopic (exact) mass is 977 g/mol. The van der Waals surface area contributed by atoms with Crippen molar-refractivity contribution in [2.75, 3.05) is 14.7 Å². The lowest BCUT2D eigenvalue weighted by Gasteiger charge is -2.45. The zero-order chi connectivity index (χ0) is 62.9. The van der Waals surface area contributed by atoms with Crippen LogP contribution in [0.4, 0.5) is 51.2 Å². The fourth-order valence-corrected chi connectivity index (χ4v) is 12.8. The topological polar surface area (TPSA) is 9.72 Å². The Hall–Kier alpha value is -7.60. The van der Waals surface area contributed by atoms with Gasteiger partial charge in [-0.2, -0.15) is 0 Å². The van der Waals surface area contributed by atoms with E-state index in [1.165, 1.54) is 11.1 Å². The van der Waals surface area contributed by atoms with Crippen LogP contribution >= 0.6 is 11.3 Å². The van der Waals surface area contributed by atoms with Crippen LogP contribution in [0.25, 0.3) is 32.3 Å². The lowest BCUT2D eigenvalue weighted by molar-refractivity contribution is 0.332. The van der Waals surface area contributed by atoms with Crippen molar-refractivity contribution >= 4 is 95.0 Å². The summed E-state index contributed by atoms with van der Waals surface area (Å²) in [6, 6.07) is 31.5. The first kappa shape index (κ1) is 31.8. The number of rotatable bonds is 7. The lowest BCUT2D eigenvalue weighted by atomic mass is 9.36. The summed E-state index contributed by atoms with van der Waals surface area (Å²) in [5.74, 6) is 0. The third-order valence-electron chi connectivity index (χ3n) is 15.3. The Morgan fingerprint density at radius 2 is 1.18 bits per heavy atom. The predicted molar refractivity (Wildman–Crippen MR) is 315 cm³/mol. The number of hydrogen-bond acceptors (Lipinski definition) is 4. The van der Waals surface area contributed by atoms with Crippen LogP contribution < -0.4 is 30.4 Å². The summed E-state index contributed by atoms with van der Waals surface area (Å²) in [4.78, 5) is 5.94. The van der Waals surface area contributed by atoms with Crippen LogP contribution in [0, 0.1) is 0 Å². The molecule has 0 atom stereocenters. The van der Waals surface area contributed by atoms with Crippen LogP contribution in [0.2, 0.25) is 0 Å². The fourth-order valence-electron chi connectivity index (χ4n) is 11.5. The summed E-state index contributed by atoms with van der Waals surface area (Å²) >= 11 is 1.66. The zero-order valence-electron chi connectivity index (χ0n) is 56.8. The van der Waals surface area contributed by atoms with E-state index in [2.05, 4.69) is 89.8 Å². The minimum absolute atomic E-state index is 0.0464. The van der Waals surface area contributed by atoms with Gasteiger partial charge < -0.3 is 14.7 Å². The smallest absolute Gasteiger partial charge is 0.264 e. The molecule has 5 heteroatoms. The van der Waals surface area contributed by atoms with E-state index >= 15 is 0 Å². The average Bonchev–Trinajstić information content (AvgIpc) is 1.21. The van der Waals surface area contributed by atoms with Gasteiger partial charge in [0.1, 0.15) is 0 Å². The second-order valence-electron chi connectivity index (χ2n) is 21.7. The van der Waals surface area contributed by atoms with Crippen LogP contribution in [0.1, 0.15) is 98.6 Å². The van der Waals surface area contributed by atoms with Gasteiger partial charge in [-0.25, -0.2) is 0 Å². The Bertz CT molecular complexity index is 4580. The molecule has 0 bridgehead atoms. The van der Waals surface area contributed by atoms with Crippen molar-refractivity contribution in [3.63, 3.8) is 0 Å². The molecule has 0 saturated heterocycles. The number of nitrogens with zero attached hydrogens (tertiary/aromatic N) is 3. The van der Waals surface area contributed by atoms with E-state index in [-0.39, 0.29) is 44.2 Å². The molecule has 10 aromatic rings. The number of fused-ring (bicyclic) bond motifs is 7. The van der Waals surface area contributed by atoms with Gasteiger partial charge in [-0.3, -0.25) is 0 Å². The first-order valence-electron chi connectivity index (χ1n) is 32.4. The van der Waals surface area contributed by atoms with Gasteiger partial charge in [0.2, 0.25) is 0 Å². The van der Waals surface area contributed by atoms with E-state index in [9.17, 15) is 8.22 Å². The molecular formula is C68H60BN3S. The van der Waals surface area contributed by atoms with Crippen molar-refractivity contribution < 1.29 is 20.6 Å². The molecule has 0 amide bonds. The largest absolute Gasteiger partial charge is 0.311 e. The van der Waals surface area contributed by atoms with Crippen molar-refractivity contribution in [3.05, 3.63) is 229 Å². The molecule has 13 rings (SSSR count). The van der Waals surface area contributed by atoms with E-state index < -0.39 is 97.3 Å². The van der Waals surface area contributed by atoms with Crippen LogP contribution in [-0.2, 0) is 16.2 Å². The number of hydrogen-bond donors (Lipinski definition) is 0. The third-order valence-corrected chi connectivity index (χ3v) is 16.5. The van der Waals surface area contributed by atoms with Gasteiger partial charge in [-0.1, -0.05) is 188 Å². The molecule has 1 aromatic heterocycles. The van der Waals surface area contributed by atoms with Crippen LogP contribution in [0.3, 0.4) is 0 Å². The first-order chi connectivity index (χ1) is 41.5. The average molecular weight is 977 g/mol. The van der Waals surface area contributed by atoms with Crippen molar-refractivity contribution in [2.24, 2.45) is 0 Å². The minimum atomic E-state index is -0.604. The van der Waals surface area contributed by atoms with Gasteiger partial charge in [0.25, 0.3) is 6.71 Å². The van der Waals surface area contributed by atoms with E-state index in [1.54, 1.807) is 52.6 Å². The third kappa shape index (κ3) is 7.46. The number of para-hydroxylation sites is 3. The highest BCUT2D eigenvalue weighted by Gasteiger charge is 2.47. The lowest BCUT2D eigenvalue weighted by Crippen LogP contribution is -2.60. The summed E-state index contributed by atoms with van der Waals surface area (Å²) in [5.41, 5.74) is 9.35. The van der Waals surface area contributed by atoms with Crippen LogP contribution in [-0.4, -0.2) is 6.71 Å². The van der Waals surface area contributed by atoms with Crippen LogP contribution in [0.15, 0.2) is 212 Å². The molecule has 3 aliphatic rings. The highest BCUT2D eigenvalue weighted by atomic mass is 32.1. The van der Waals surface area contributed by atoms with Crippen molar-refractivity contribution in [1.82, 2.24) is 0 Å². The fraction of sp³-hybridized carbons (Fsp3) is 0.176.